The highest BCUT2D eigenvalue weighted by Crippen LogP contribution is 2.10. The van der Waals surface area contributed by atoms with Gasteiger partial charge in [-0.05, 0) is 7.05 Å². The molecule has 0 aromatic rings. The van der Waals surface area contributed by atoms with Crippen LogP contribution in [0.25, 0.3) is 0 Å². The number of hydrogen-bond donors (Lipinski definition) is 1. The van der Waals surface area contributed by atoms with E-state index in [1.807, 2.05) is 13.8 Å². The molecule has 1 atom stereocenters. The SMILES string of the molecule is CC.CN(CC1NCCC1=O)C1COC1. The van der Waals surface area contributed by atoms with Crippen molar-refractivity contribution in [1.82, 2.24) is 10.2 Å². The van der Waals surface area contributed by atoms with E-state index in [2.05, 4.69) is 17.3 Å². The number of ketones is 1. The molecular formula is C11H22N2O2. The maximum absolute atomic E-state index is 11.3. The predicted molar refractivity (Wildman–Crippen MR) is 60.0 cm³/mol. The number of carbonyl (C=O) groups excluding carboxylic acids is 1. The van der Waals surface area contributed by atoms with Crippen molar-refractivity contribution in [2.75, 3.05) is 33.4 Å². The number of hydrogen-bond acceptors (Lipinski definition) is 4. The molecule has 4 heteroatoms. The molecule has 0 radical (unpaired) electrons. The molecule has 2 aliphatic rings. The molecule has 0 spiro atoms. The zero-order valence-corrected chi connectivity index (χ0v) is 9.95. The average molecular weight is 214 g/mol. The number of rotatable bonds is 3. The molecule has 1 N–H and O–H groups in total. The Bertz CT molecular complexity index is 205. The molecule has 0 saturated carbocycles. The molecule has 0 aromatic heterocycles. The zero-order chi connectivity index (χ0) is 11.3. The normalized spacial score (nSPS) is 26.1. The standard InChI is InChI=1S/C9H16N2O2.C2H6/c1-11(7-5-13-6-7)4-8-9(12)2-3-10-8;1-2/h7-8,10H,2-6H2,1H3;1-2H3. The van der Waals surface area contributed by atoms with Gasteiger partial charge in [0.2, 0.25) is 0 Å². The minimum Gasteiger partial charge on any atom is -0.378 e. The Morgan fingerprint density at radius 1 is 1.47 bits per heavy atom. The van der Waals surface area contributed by atoms with Crippen LogP contribution in [0.2, 0.25) is 0 Å². The second kappa shape index (κ2) is 6.20. The average Bonchev–Trinajstić information content (AvgIpc) is 2.52. The van der Waals surface area contributed by atoms with E-state index in [9.17, 15) is 4.79 Å². The van der Waals surface area contributed by atoms with Gasteiger partial charge in [0, 0.05) is 19.5 Å². The van der Waals surface area contributed by atoms with Crippen LogP contribution in [0.1, 0.15) is 20.3 Å². The van der Waals surface area contributed by atoms with Crippen LogP contribution in [0.5, 0.6) is 0 Å². The number of Topliss-reactive ketones (excluding diaryl/α,β-unsaturated/α-hetero) is 1. The first-order valence-electron chi connectivity index (χ1n) is 5.81. The molecule has 0 amide bonds. The van der Waals surface area contributed by atoms with Gasteiger partial charge < -0.3 is 10.1 Å². The molecule has 2 aliphatic heterocycles. The number of nitrogens with zero attached hydrogens (tertiary/aromatic N) is 1. The molecule has 0 aliphatic carbocycles. The minimum atomic E-state index is 0.0607. The third-order valence-corrected chi connectivity index (χ3v) is 2.87. The topological polar surface area (TPSA) is 41.6 Å². The van der Waals surface area contributed by atoms with Crippen LogP contribution in [-0.2, 0) is 9.53 Å². The Kier molecular flexibility index (Phi) is 5.22. The van der Waals surface area contributed by atoms with Gasteiger partial charge in [0.05, 0.1) is 25.3 Å². The maximum atomic E-state index is 11.3. The molecule has 0 bridgehead atoms. The lowest BCUT2D eigenvalue weighted by Crippen LogP contribution is -2.51. The van der Waals surface area contributed by atoms with Crippen molar-refractivity contribution < 1.29 is 9.53 Å². The highest BCUT2D eigenvalue weighted by molar-refractivity contribution is 5.86. The quantitative estimate of drug-likeness (QED) is 0.732. The summed E-state index contributed by atoms with van der Waals surface area (Å²) >= 11 is 0. The monoisotopic (exact) mass is 214 g/mol. The van der Waals surface area contributed by atoms with E-state index in [0.29, 0.717) is 18.2 Å². The van der Waals surface area contributed by atoms with Gasteiger partial charge in [0.15, 0.2) is 5.78 Å². The minimum absolute atomic E-state index is 0.0607. The van der Waals surface area contributed by atoms with E-state index in [1.54, 1.807) is 0 Å². The van der Waals surface area contributed by atoms with E-state index in [0.717, 1.165) is 26.3 Å². The molecule has 0 aromatic carbocycles. The summed E-state index contributed by atoms with van der Waals surface area (Å²) in [6.45, 7) is 7.31. The fourth-order valence-electron chi connectivity index (χ4n) is 1.74. The second-order valence-electron chi connectivity index (χ2n) is 3.85. The Morgan fingerprint density at radius 3 is 2.53 bits per heavy atom. The van der Waals surface area contributed by atoms with Crippen LogP contribution in [0.4, 0.5) is 0 Å². The highest BCUT2D eigenvalue weighted by atomic mass is 16.5. The van der Waals surface area contributed by atoms with Gasteiger partial charge in [-0.3, -0.25) is 9.69 Å². The largest absolute Gasteiger partial charge is 0.378 e. The van der Waals surface area contributed by atoms with Crippen molar-refractivity contribution in [3.05, 3.63) is 0 Å². The molecule has 2 fully saturated rings. The summed E-state index contributed by atoms with van der Waals surface area (Å²) in [5, 5.41) is 3.21. The van der Waals surface area contributed by atoms with Gasteiger partial charge in [-0.15, -0.1) is 0 Å². The first kappa shape index (κ1) is 12.6. The summed E-state index contributed by atoms with van der Waals surface area (Å²) in [5.74, 6) is 0.354. The molecule has 88 valence electrons. The van der Waals surface area contributed by atoms with Crippen LogP contribution in [0, 0.1) is 0 Å². The smallest absolute Gasteiger partial charge is 0.152 e. The molecule has 4 nitrogen and oxygen atoms in total. The lowest BCUT2D eigenvalue weighted by molar-refractivity contribution is -0.120. The van der Waals surface area contributed by atoms with E-state index >= 15 is 0 Å². The Hall–Kier alpha value is -0.450. The second-order valence-corrected chi connectivity index (χ2v) is 3.85. The third kappa shape index (κ3) is 3.26. The molecule has 15 heavy (non-hydrogen) atoms. The summed E-state index contributed by atoms with van der Waals surface area (Å²) < 4.78 is 5.10. The Labute approximate surface area is 92.0 Å². The molecule has 2 saturated heterocycles. The van der Waals surface area contributed by atoms with Gasteiger partial charge >= 0.3 is 0 Å². The predicted octanol–water partition coefficient (Wildman–Crippen LogP) is 0.274. The van der Waals surface area contributed by atoms with Crippen LogP contribution < -0.4 is 5.32 Å². The van der Waals surface area contributed by atoms with Crippen molar-refractivity contribution in [1.29, 1.82) is 0 Å². The number of nitrogens with one attached hydrogen (secondary N) is 1. The summed E-state index contributed by atoms with van der Waals surface area (Å²) in [6, 6.07) is 0.584. The van der Waals surface area contributed by atoms with Gasteiger partial charge in [-0.1, -0.05) is 13.8 Å². The van der Waals surface area contributed by atoms with Gasteiger partial charge in [-0.2, -0.15) is 0 Å². The highest BCUT2D eigenvalue weighted by Gasteiger charge is 2.29. The number of carbonyl (C=O) groups is 1. The first-order valence-corrected chi connectivity index (χ1v) is 5.81. The van der Waals surface area contributed by atoms with Crippen LogP contribution >= 0.6 is 0 Å². The fourth-order valence-corrected chi connectivity index (χ4v) is 1.74. The van der Waals surface area contributed by atoms with Gasteiger partial charge in [-0.25, -0.2) is 0 Å². The molecular weight excluding hydrogens is 192 g/mol. The van der Waals surface area contributed by atoms with E-state index < -0.39 is 0 Å². The molecule has 1 unspecified atom stereocenters. The lowest BCUT2D eigenvalue weighted by atomic mass is 10.1. The Morgan fingerprint density at radius 2 is 2.13 bits per heavy atom. The Balaban J connectivity index is 0.000000531. The number of likely N-dealkylation sites (N-methyl/N-ethyl adjacent to an activating group) is 1. The summed E-state index contributed by atoms with van der Waals surface area (Å²) in [6.07, 6.45) is 0.694. The van der Waals surface area contributed by atoms with Gasteiger partial charge in [0.1, 0.15) is 0 Å². The summed E-state index contributed by atoms with van der Waals surface area (Å²) in [7, 11) is 2.06. The number of ether oxygens (including phenoxy) is 1. The third-order valence-electron chi connectivity index (χ3n) is 2.87. The molecule has 2 rings (SSSR count). The van der Waals surface area contributed by atoms with Crippen LogP contribution in [0.3, 0.4) is 0 Å². The van der Waals surface area contributed by atoms with Crippen molar-refractivity contribution in [2.24, 2.45) is 0 Å². The van der Waals surface area contributed by atoms with Crippen molar-refractivity contribution >= 4 is 5.78 Å². The van der Waals surface area contributed by atoms with Crippen molar-refractivity contribution in [3.8, 4) is 0 Å². The van der Waals surface area contributed by atoms with Gasteiger partial charge in [0.25, 0.3) is 0 Å². The summed E-state index contributed by atoms with van der Waals surface area (Å²) in [5.41, 5.74) is 0. The first-order chi connectivity index (χ1) is 7.27. The van der Waals surface area contributed by atoms with Crippen LogP contribution in [-0.4, -0.2) is 56.1 Å². The zero-order valence-electron chi connectivity index (χ0n) is 9.95. The van der Waals surface area contributed by atoms with E-state index in [-0.39, 0.29) is 6.04 Å². The van der Waals surface area contributed by atoms with Crippen molar-refractivity contribution in [3.63, 3.8) is 0 Å². The maximum Gasteiger partial charge on any atom is 0.152 e. The lowest BCUT2D eigenvalue weighted by Gasteiger charge is -2.35. The van der Waals surface area contributed by atoms with E-state index in [1.165, 1.54) is 0 Å². The summed E-state index contributed by atoms with van der Waals surface area (Å²) in [4.78, 5) is 13.5. The van der Waals surface area contributed by atoms with Crippen LogP contribution in [0.15, 0.2) is 0 Å². The van der Waals surface area contributed by atoms with Crippen molar-refractivity contribution in [2.45, 2.75) is 32.4 Å². The van der Waals surface area contributed by atoms with E-state index in [4.69, 9.17) is 4.74 Å². The molecule has 2 heterocycles. The fraction of sp³-hybridized carbons (Fsp3) is 0.909.